The van der Waals surface area contributed by atoms with E-state index < -0.39 is 0 Å². The average Bonchev–Trinajstić information content (AvgIpc) is 2.68. The normalized spacial score (nSPS) is 10.6. The molecule has 3 rings (SSSR count). The van der Waals surface area contributed by atoms with Gasteiger partial charge in [0.15, 0.2) is 12.4 Å². The summed E-state index contributed by atoms with van der Waals surface area (Å²) in [4.78, 5) is 12.2. The first kappa shape index (κ1) is 22.3. The zero-order valence-corrected chi connectivity index (χ0v) is 18.8. The molecule has 7 heteroatoms. The fraction of sp³-hybridized carbons (Fsp3) is 0.174. The van der Waals surface area contributed by atoms with Gasteiger partial charge >= 0.3 is 0 Å². The zero-order valence-electron chi connectivity index (χ0n) is 16.6. The van der Waals surface area contributed by atoms with Crippen LogP contribution < -0.4 is 15.4 Å². The van der Waals surface area contributed by atoms with Gasteiger partial charge in [-0.25, -0.2) is 0 Å². The minimum atomic E-state index is -0.341. The molecule has 0 aliphatic rings. The number of anilines is 2. The number of benzene rings is 3. The summed E-state index contributed by atoms with van der Waals surface area (Å²) in [5, 5.41) is 7.32. The summed E-state index contributed by atoms with van der Waals surface area (Å²) in [5.41, 5.74) is 4.61. The Morgan fingerprint density at radius 3 is 2.30 bits per heavy atom. The number of ether oxygens (including phenoxy) is 1. The number of carbonyl (C=O) groups is 1. The smallest absolute Gasteiger partial charge is 0.262 e. The lowest BCUT2D eigenvalue weighted by Gasteiger charge is -2.13. The van der Waals surface area contributed by atoms with Crippen LogP contribution in [0.4, 0.5) is 11.4 Å². The summed E-state index contributed by atoms with van der Waals surface area (Å²) >= 11 is 18.8. The predicted molar refractivity (Wildman–Crippen MR) is 125 cm³/mol. The molecule has 0 heterocycles. The molecule has 0 unspecified atom stereocenters. The van der Waals surface area contributed by atoms with Crippen LogP contribution in [-0.4, -0.2) is 12.5 Å². The molecule has 3 aromatic carbocycles. The second kappa shape index (κ2) is 10.1. The SMILES string of the molecule is Cc1cccc(NCc2cc(Cl)c(OCC(=O)Nc3ccc(C)c(Cl)c3)c(Cl)c2)c1. The number of amides is 1. The van der Waals surface area contributed by atoms with Crippen molar-refractivity contribution in [2.75, 3.05) is 17.2 Å². The van der Waals surface area contributed by atoms with Gasteiger partial charge in [0.1, 0.15) is 0 Å². The number of nitrogens with one attached hydrogen (secondary N) is 2. The molecule has 4 nitrogen and oxygen atoms in total. The van der Waals surface area contributed by atoms with E-state index in [9.17, 15) is 4.79 Å². The maximum Gasteiger partial charge on any atom is 0.262 e. The molecule has 0 radical (unpaired) electrons. The van der Waals surface area contributed by atoms with Gasteiger partial charge < -0.3 is 15.4 Å². The van der Waals surface area contributed by atoms with Crippen molar-refractivity contribution in [3.8, 4) is 5.75 Å². The Balaban J connectivity index is 1.59. The van der Waals surface area contributed by atoms with Gasteiger partial charge in [0.25, 0.3) is 5.91 Å². The van der Waals surface area contributed by atoms with Crippen molar-refractivity contribution in [3.63, 3.8) is 0 Å². The summed E-state index contributed by atoms with van der Waals surface area (Å²) in [6.45, 7) is 4.25. The van der Waals surface area contributed by atoms with Gasteiger partial charge in [-0.2, -0.15) is 0 Å². The zero-order chi connectivity index (χ0) is 21.7. The van der Waals surface area contributed by atoms with Gasteiger partial charge in [0.2, 0.25) is 0 Å². The molecule has 1 amide bonds. The van der Waals surface area contributed by atoms with Gasteiger partial charge in [0, 0.05) is 22.9 Å². The highest BCUT2D eigenvalue weighted by atomic mass is 35.5. The van der Waals surface area contributed by atoms with Crippen LogP contribution >= 0.6 is 34.8 Å². The number of aryl methyl sites for hydroxylation is 2. The third-order valence-corrected chi connectivity index (χ3v) is 5.34. The molecule has 3 aromatic rings. The van der Waals surface area contributed by atoms with E-state index in [0.29, 0.717) is 27.3 Å². The monoisotopic (exact) mass is 462 g/mol. The van der Waals surface area contributed by atoms with E-state index in [1.54, 1.807) is 24.3 Å². The second-order valence-electron chi connectivity index (χ2n) is 6.91. The minimum absolute atomic E-state index is 0.230. The van der Waals surface area contributed by atoms with Gasteiger partial charge in [-0.15, -0.1) is 0 Å². The molecule has 0 saturated heterocycles. The van der Waals surface area contributed by atoms with Crippen LogP contribution in [0.2, 0.25) is 15.1 Å². The van der Waals surface area contributed by atoms with Crippen LogP contribution in [0.3, 0.4) is 0 Å². The lowest BCUT2D eigenvalue weighted by molar-refractivity contribution is -0.118. The van der Waals surface area contributed by atoms with Crippen molar-refractivity contribution >= 4 is 52.1 Å². The van der Waals surface area contributed by atoms with E-state index in [0.717, 1.165) is 16.8 Å². The lowest BCUT2D eigenvalue weighted by Crippen LogP contribution is -2.20. The van der Waals surface area contributed by atoms with Gasteiger partial charge in [-0.05, 0) is 66.9 Å². The van der Waals surface area contributed by atoms with Crippen molar-refractivity contribution in [3.05, 3.63) is 86.4 Å². The lowest BCUT2D eigenvalue weighted by atomic mass is 10.2. The van der Waals surface area contributed by atoms with Gasteiger partial charge in [0.05, 0.1) is 10.0 Å². The largest absolute Gasteiger partial charge is 0.481 e. The van der Waals surface area contributed by atoms with Crippen molar-refractivity contribution in [2.24, 2.45) is 0 Å². The maximum absolute atomic E-state index is 12.2. The molecule has 30 heavy (non-hydrogen) atoms. The predicted octanol–water partition coefficient (Wildman–Crippen LogP) is 6.89. The highest BCUT2D eigenvalue weighted by Crippen LogP contribution is 2.34. The topological polar surface area (TPSA) is 50.4 Å². The Bertz CT molecular complexity index is 1050. The maximum atomic E-state index is 12.2. The first-order valence-electron chi connectivity index (χ1n) is 9.29. The molecule has 0 fully saturated rings. The van der Waals surface area contributed by atoms with Crippen molar-refractivity contribution < 1.29 is 9.53 Å². The third-order valence-electron chi connectivity index (χ3n) is 4.38. The van der Waals surface area contributed by atoms with E-state index in [1.807, 2.05) is 38.1 Å². The van der Waals surface area contributed by atoms with Gasteiger partial charge in [-0.3, -0.25) is 4.79 Å². The van der Waals surface area contributed by atoms with E-state index in [2.05, 4.69) is 16.7 Å². The van der Waals surface area contributed by atoms with Crippen LogP contribution in [0.5, 0.6) is 5.75 Å². The Labute approximate surface area is 191 Å². The highest BCUT2D eigenvalue weighted by Gasteiger charge is 2.13. The average molecular weight is 464 g/mol. The number of hydrogen-bond acceptors (Lipinski definition) is 3. The molecular formula is C23H21Cl3N2O2. The Kier molecular flexibility index (Phi) is 7.48. The van der Waals surface area contributed by atoms with E-state index >= 15 is 0 Å². The fourth-order valence-electron chi connectivity index (χ4n) is 2.82. The number of rotatable bonds is 7. The highest BCUT2D eigenvalue weighted by molar-refractivity contribution is 6.37. The van der Waals surface area contributed by atoms with Crippen LogP contribution in [0.25, 0.3) is 0 Å². The second-order valence-corrected chi connectivity index (χ2v) is 8.13. The first-order chi connectivity index (χ1) is 14.3. The quantitative estimate of drug-likeness (QED) is 0.401. The number of halogens is 3. The summed E-state index contributed by atoms with van der Waals surface area (Å²) in [6.07, 6.45) is 0. The Morgan fingerprint density at radius 1 is 0.900 bits per heavy atom. The fourth-order valence-corrected chi connectivity index (χ4v) is 3.64. The summed E-state index contributed by atoms with van der Waals surface area (Å²) in [5.74, 6) is -0.0676. The van der Waals surface area contributed by atoms with Crippen LogP contribution in [0.15, 0.2) is 54.6 Å². The van der Waals surface area contributed by atoms with Gasteiger partial charge in [-0.1, -0.05) is 53.0 Å². The standard InChI is InChI=1S/C23H21Cl3N2O2/c1-14-4-3-5-17(8-14)27-12-16-9-20(25)23(21(26)10-16)30-13-22(29)28-18-7-6-15(2)19(24)11-18/h3-11,27H,12-13H2,1-2H3,(H,28,29). The number of carbonyl (C=O) groups excluding carboxylic acids is 1. The van der Waals surface area contributed by atoms with Crippen molar-refractivity contribution in [1.29, 1.82) is 0 Å². The first-order valence-corrected chi connectivity index (χ1v) is 10.4. The number of hydrogen-bond donors (Lipinski definition) is 2. The molecule has 0 atom stereocenters. The van der Waals surface area contributed by atoms with Crippen molar-refractivity contribution in [1.82, 2.24) is 0 Å². The van der Waals surface area contributed by atoms with Crippen LogP contribution in [0.1, 0.15) is 16.7 Å². The molecule has 0 bridgehead atoms. The Morgan fingerprint density at radius 2 is 1.63 bits per heavy atom. The summed E-state index contributed by atoms with van der Waals surface area (Å²) < 4.78 is 5.56. The molecule has 0 aliphatic carbocycles. The summed E-state index contributed by atoms with van der Waals surface area (Å²) in [7, 11) is 0. The molecule has 0 aliphatic heterocycles. The molecule has 156 valence electrons. The Hall–Kier alpha value is -2.40. The molecule has 0 saturated carbocycles. The third kappa shape index (κ3) is 6.05. The van der Waals surface area contributed by atoms with E-state index in [-0.39, 0.29) is 18.3 Å². The molecular weight excluding hydrogens is 443 g/mol. The van der Waals surface area contributed by atoms with E-state index in [1.165, 1.54) is 5.56 Å². The molecule has 0 spiro atoms. The minimum Gasteiger partial charge on any atom is -0.481 e. The van der Waals surface area contributed by atoms with Crippen LogP contribution in [-0.2, 0) is 11.3 Å². The summed E-state index contributed by atoms with van der Waals surface area (Å²) in [6, 6.07) is 16.9. The van der Waals surface area contributed by atoms with Crippen molar-refractivity contribution in [2.45, 2.75) is 20.4 Å². The van der Waals surface area contributed by atoms with Crippen LogP contribution in [0, 0.1) is 13.8 Å². The van der Waals surface area contributed by atoms with E-state index in [4.69, 9.17) is 39.5 Å². The molecule has 2 N–H and O–H groups in total. The molecule has 0 aromatic heterocycles.